The lowest BCUT2D eigenvalue weighted by Gasteiger charge is -2.26. The van der Waals surface area contributed by atoms with E-state index in [2.05, 4.69) is 26.8 Å². The van der Waals surface area contributed by atoms with Gasteiger partial charge in [-0.3, -0.25) is 0 Å². The molecular weight excluding hydrogens is 238 g/mol. The van der Waals surface area contributed by atoms with Crippen molar-refractivity contribution in [1.29, 1.82) is 0 Å². The van der Waals surface area contributed by atoms with Crippen LogP contribution in [0.25, 0.3) is 0 Å². The van der Waals surface area contributed by atoms with E-state index in [-0.39, 0.29) is 0 Å². The highest BCUT2D eigenvalue weighted by Gasteiger charge is 2.10. The summed E-state index contributed by atoms with van der Waals surface area (Å²) < 4.78 is 2.15. The molecular formula is C14H27N5. The summed E-state index contributed by atoms with van der Waals surface area (Å²) in [4.78, 5) is 9.02. The van der Waals surface area contributed by atoms with E-state index in [0.717, 1.165) is 19.0 Å². The first-order valence-corrected chi connectivity index (χ1v) is 7.29. The molecule has 1 aromatic heterocycles. The van der Waals surface area contributed by atoms with Crippen LogP contribution in [0.5, 0.6) is 0 Å². The molecule has 0 atom stereocenters. The van der Waals surface area contributed by atoms with Crippen molar-refractivity contribution in [2.75, 3.05) is 45.2 Å². The molecule has 19 heavy (non-hydrogen) atoms. The number of hydrogen-bond donors (Lipinski definition) is 1. The normalized spacial score (nSPS) is 16.8. The lowest BCUT2D eigenvalue weighted by Crippen LogP contribution is -2.35. The SMILES string of the molecule is CN(C)c1ncc(CNCCN2CCCCC2)n1C. The maximum Gasteiger partial charge on any atom is 0.204 e. The van der Waals surface area contributed by atoms with E-state index in [1.54, 1.807) is 0 Å². The minimum absolute atomic E-state index is 0.894. The summed E-state index contributed by atoms with van der Waals surface area (Å²) in [5.74, 6) is 1.01. The largest absolute Gasteiger partial charge is 0.348 e. The van der Waals surface area contributed by atoms with E-state index in [1.165, 1.54) is 44.6 Å². The monoisotopic (exact) mass is 265 g/mol. The minimum Gasteiger partial charge on any atom is -0.348 e. The van der Waals surface area contributed by atoms with Crippen molar-refractivity contribution < 1.29 is 0 Å². The zero-order valence-electron chi connectivity index (χ0n) is 12.5. The highest BCUT2D eigenvalue weighted by molar-refractivity contribution is 5.30. The predicted octanol–water partition coefficient (Wildman–Crippen LogP) is 1.06. The van der Waals surface area contributed by atoms with E-state index >= 15 is 0 Å². The Bertz CT molecular complexity index is 379. The van der Waals surface area contributed by atoms with Gasteiger partial charge in [-0.05, 0) is 25.9 Å². The standard InChI is InChI=1S/C14H27N5/c1-17(2)14-16-12-13(18(14)3)11-15-7-10-19-8-5-4-6-9-19/h12,15H,4-11H2,1-3H3. The third-order valence-electron chi connectivity index (χ3n) is 3.82. The molecule has 0 radical (unpaired) electrons. The average molecular weight is 265 g/mol. The summed E-state index contributed by atoms with van der Waals surface area (Å²) in [7, 11) is 6.12. The van der Waals surface area contributed by atoms with Crippen LogP contribution in [0.2, 0.25) is 0 Å². The van der Waals surface area contributed by atoms with Gasteiger partial charge in [-0.25, -0.2) is 4.98 Å². The third kappa shape index (κ3) is 3.94. The first-order chi connectivity index (χ1) is 9.18. The molecule has 1 fully saturated rings. The molecule has 1 N–H and O–H groups in total. The molecule has 2 rings (SSSR count). The van der Waals surface area contributed by atoms with Crippen LogP contribution in [0.1, 0.15) is 25.0 Å². The maximum atomic E-state index is 4.42. The molecule has 0 amide bonds. The Balaban J connectivity index is 1.70. The van der Waals surface area contributed by atoms with E-state index in [9.17, 15) is 0 Å². The van der Waals surface area contributed by atoms with Gasteiger partial charge in [0.25, 0.3) is 0 Å². The first kappa shape index (κ1) is 14.3. The summed E-state index contributed by atoms with van der Waals surface area (Å²) in [6.07, 6.45) is 6.11. The average Bonchev–Trinajstić information content (AvgIpc) is 2.77. The number of imidazole rings is 1. The Morgan fingerprint density at radius 3 is 2.63 bits per heavy atom. The van der Waals surface area contributed by atoms with Crippen molar-refractivity contribution in [3.8, 4) is 0 Å². The van der Waals surface area contributed by atoms with Crippen molar-refractivity contribution in [2.24, 2.45) is 7.05 Å². The molecule has 0 aromatic carbocycles. The molecule has 0 saturated carbocycles. The number of rotatable bonds is 6. The lowest BCUT2D eigenvalue weighted by molar-refractivity contribution is 0.229. The van der Waals surface area contributed by atoms with Gasteiger partial charge in [-0.2, -0.15) is 0 Å². The van der Waals surface area contributed by atoms with Crippen LogP contribution < -0.4 is 10.2 Å². The van der Waals surface area contributed by atoms with Gasteiger partial charge in [0.1, 0.15) is 0 Å². The lowest BCUT2D eigenvalue weighted by atomic mass is 10.1. The van der Waals surface area contributed by atoms with E-state index in [4.69, 9.17) is 0 Å². The number of nitrogens with one attached hydrogen (secondary N) is 1. The van der Waals surface area contributed by atoms with Gasteiger partial charge in [-0.1, -0.05) is 6.42 Å². The fraction of sp³-hybridized carbons (Fsp3) is 0.786. The van der Waals surface area contributed by atoms with Gasteiger partial charge in [0.2, 0.25) is 5.95 Å². The number of aromatic nitrogens is 2. The summed E-state index contributed by atoms with van der Waals surface area (Å²) in [5, 5.41) is 3.52. The minimum atomic E-state index is 0.894. The van der Waals surface area contributed by atoms with Crippen molar-refractivity contribution in [2.45, 2.75) is 25.8 Å². The smallest absolute Gasteiger partial charge is 0.204 e. The second-order valence-corrected chi connectivity index (χ2v) is 5.58. The molecule has 0 unspecified atom stereocenters. The number of nitrogens with zero attached hydrogens (tertiary/aromatic N) is 4. The van der Waals surface area contributed by atoms with E-state index in [1.807, 2.05) is 25.2 Å². The zero-order chi connectivity index (χ0) is 13.7. The second kappa shape index (κ2) is 6.91. The molecule has 0 bridgehead atoms. The Kier molecular flexibility index (Phi) is 5.22. The third-order valence-corrected chi connectivity index (χ3v) is 3.82. The Morgan fingerprint density at radius 1 is 1.26 bits per heavy atom. The summed E-state index contributed by atoms with van der Waals surface area (Å²) in [6, 6.07) is 0. The summed E-state index contributed by atoms with van der Waals surface area (Å²) >= 11 is 0. The van der Waals surface area contributed by atoms with Crippen molar-refractivity contribution in [3.63, 3.8) is 0 Å². The Morgan fingerprint density at radius 2 is 2.00 bits per heavy atom. The van der Waals surface area contributed by atoms with Crippen LogP contribution in [0.4, 0.5) is 5.95 Å². The molecule has 1 aromatic rings. The first-order valence-electron chi connectivity index (χ1n) is 7.29. The van der Waals surface area contributed by atoms with Crippen LogP contribution in [-0.4, -0.2) is 54.7 Å². The fourth-order valence-corrected chi connectivity index (χ4v) is 2.65. The number of likely N-dealkylation sites (tertiary alicyclic amines) is 1. The number of hydrogen-bond acceptors (Lipinski definition) is 4. The van der Waals surface area contributed by atoms with Crippen LogP contribution in [0.15, 0.2) is 6.20 Å². The van der Waals surface area contributed by atoms with Gasteiger partial charge in [-0.15, -0.1) is 0 Å². The molecule has 1 aliphatic rings. The zero-order valence-corrected chi connectivity index (χ0v) is 12.5. The molecule has 0 aliphatic carbocycles. The van der Waals surface area contributed by atoms with Crippen molar-refractivity contribution >= 4 is 5.95 Å². The number of piperidine rings is 1. The summed E-state index contributed by atoms with van der Waals surface area (Å²) in [5.41, 5.74) is 1.24. The highest BCUT2D eigenvalue weighted by atomic mass is 15.3. The molecule has 1 aliphatic heterocycles. The van der Waals surface area contributed by atoms with Gasteiger partial charge in [0.15, 0.2) is 0 Å². The van der Waals surface area contributed by atoms with Crippen LogP contribution in [0, 0.1) is 0 Å². The topological polar surface area (TPSA) is 36.3 Å². The van der Waals surface area contributed by atoms with E-state index in [0.29, 0.717) is 0 Å². The van der Waals surface area contributed by atoms with Gasteiger partial charge < -0.3 is 19.7 Å². The highest BCUT2D eigenvalue weighted by Crippen LogP contribution is 2.10. The molecule has 0 spiro atoms. The molecule has 5 nitrogen and oxygen atoms in total. The predicted molar refractivity (Wildman–Crippen MR) is 79.5 cm³/mol. The van der Waals surface area contributed by atoms with Crippen LogP contribution in [0.3, 0.4) is 0 Å². The van der Waals surface area contributed by atoms with Crippen LogP contribution in [-0.2, 0) is 13.6 Å². The maximum absolute atomic E-state index is 4.42. The van der Waals surface area contributed by atoms with Gasteiger partial charge in [0.05, 0.1) is 11.9 Å². The quantitative estimate of drug-likeness (QED) is 0.780. The molecule has 2 heterocycles. The van der Waals surface area contributed by atoms with Gasteiger partial charge in [0, 0.05) is 40.8 Å². The van der Waals surface area contributed by atoms with Crippen molar-refractivity contribution in [3.05, 3.63) is 11.9 Å². The van der Waals surface area contributed by atoms with Crippen LogP contribution >= 0.6 is 0 Å². The Hall–Kier alpha value is -1.07. The Labute approximate surface area is 116 Å². The number of anilines is 1. The molecule has 5 heteroatoms. The van der Waals surface area contributed by atoms with Crippen molar-refractivity contribution in [1.82, 2.24) is 19.8 Å². The second-order valence-electron chi connectivity index (χ2n) is 5.58. The van der Waals surface area contributed by atoms with Gasteiger partial charge >= 0.3 is 0 Å². The molecule has 1 saturated heterocycles. The molecule has 108 valence electrons. The van der Waals surface area contributed by atoms with E-state index < -0.39 is 0 Å². The fourth-order valence-electron chi connectivity index (χ4n) is 2.65. The summed E-state index contributed by atoms with van der Waals surface area (Å²) in [6.45, 7) is 5.67.